The molecular weight excluding hydrogens is 350 g/mol. The maximum Gasteiger partial charge on any atom is 0.469 e. The number of phosphoric ester groups is 1. The second-order valence-electron chi connectivity index (χ2n) is 4.57. The maximum atomic E-state index is 14.3. The number of aromatic nitrogens is 2. The molecule has 4 N–H and O–H groups in total. The van der Waals surface area contributed by atoms with Crippen molar-refractivity contribution in [1.82, 2.24) is 9.55 Å². The van der Waals surface area contributed by atoms with Crippen LogP contribution >= 0.6 is 19.4 Å². The first-order valence-corrected chi connectivity index (χ1v) is 7.67. The van der Waals surface area contributed by atoms with Crippen molar-refractivity contribution in [2.24, 2.45) is 0 Å². The van der Waals surface area contributed by atoms with E-state index < -0.39 is 55.3 Å². The summed E-state index contributed by atoms with van der Waals surface area (Å²) >= 11 is 5.54. The van der Waals surface area contributed by atoms with Crippen LogP contribution in [0, 0.1) is 0 Å². The van der Waals surface area contributed by atoms with Gasteiger partial charge in [-0.15, -0.1) is 0 Å². The van der Waals surface area contributed by atoms with Gasteiger partial charge in [0.1, 0.15) is 17.7 Å². The minimum absolute atomic E-state index is 0.391. The van der Waals surface area contributed by atoms with Gasteiger partial charge in [-0.2, -0.15) is 0 Å². The number of rotatable bonds is 4. The second kappa shape index (κ2) is 5.85. The van der Waals surface area contributed by atoms with Crippen LogP contribution in [-0.2, 0) is 13.8 Å². The average Bonchev–Trinajstić information content (AvgIpc) is 2.67. The lowest BCUT2D eigenvalue weighted by Crippen LogP contribution is -2.36. The summed E-state index contributed by atoms with van der Waals surface area (Å²) in [7, 11) is -4.93. The predicted octanol–water partition coefficient (Wildman–Crippen LogP) is -0.755. The first kappa shape index (κ1) is 17.3. The fourth-order valence-corrected chi connectivity index (χ4v) is 2.43. The third-order valence-corrected chi connectivity index (χ3v) is 3.56. The third kappa shape index (κ3) is 3.82. The summed E-state index contributed by atoms with van der Waals surface area (Å²) in [5, 5.41) is 9.39. The number of phosphoric acid groups is 1. The van der Waals surface area contributed by atoms with Gasteiger partial charge in [-0.3, -0.25) is 18.9 Å². The summed E-state index contributed by atoms with van der Waals surface area (Å²) in [5.41, 5.74) is -1.87. The Kier molecular flexibility index (Phi) is 4.60. The van der Waals surface area contributed by atoms with Gasteiger partial charge >= 0.3 is 13.5 Å². The Morgan fingerprint density at radius 1 is 1.59 bits per heavy atom. The van der Waals surface area contributed by atoms with E-state index in [0.717, 1.165) is 6.20 Å². The summed E-state index contributed by atoms with van der Waals surface area (Å²) in [4.78, 5) is 41.7. The Balaban J connectivity index is 2.24. The normalized spacial score (nSPS) is 29.0. The van der Waals surface area contributed by atoms with Crippen LogP contribution in [0.25, 0.3) is 0 Å². The van der Waals surface area contributed by atoms with Crippen molar-refractivity contribution in [2.75, 3.05) is 6.61 Å². The van der Waals surface area contributed by atoms with E-state index in [1.165, 1.54) is 0 Å². The Bertz CT molecular complexity index is 731. The molecule has 13 heteroatoms. The van der Waals surface area contributed by atoms with Crippen molar-refractivity contribution < 1.29 is 33.1 Å². The number of halogens is 2. The molecule has 1 aliphatic heterocycles. The van der Waals surface area contributed by atoms with E-state index in [1.54, 1.807) is 0 Å². The molecule has 3 atom stereocenters. The number of hydrogen-bond acceptors (Lipinski definition) is 6. The quantitative estimate of drug-likeness (QED) is 0.512. The number of hydrogen-bond donors (Lipinski definition) is 4. The van der Waals surface area contributed by atoms with Crippen LogP contribution in [0.1, 0.15) is 12.6 Å². The summed E-state index contributed by atoms with van der Waals surface area (Å²) in [5.74, 6) is -2.73. The molecule has 2 rings (SSSR count). The average molecular weight is 361 g/mol. The molecule has 1 aliphatic rings. The van der Waals surface area contributed by atoms with Crippen LogP contribution in [0.4, 0.5) is 4.39 Å². The maximum absolute atomic E-state index is 14.3. The number of aromatic amines is 1. The highest BCUT2D eigenvalue weighted by atomic mass is 35.5. The summed E-state index contributed by atoms with van der Waals surface area (Å²) in [6.45, 7) is -1.16. The van der Waals surface area contributed by atoms with Crippen LogP contribution in [0.15, 0.2) is 15.8 Å². The van der Waals surface area contributed by atoms with Gasteiger partial charge in [-0.25, -0.2) is 13.8 Å². The number of alkyl halides is 1. The van der Waals surface area contributed by atoms with E-state index in [9.17, 15) is 23.7 Å². The van der Waals surface area contributed by atoms with E-state index in [-0.39, 0.29) is 0 Å². The van der Waals surface area contributed by atoms with Gasteiger partial charge in [0.05, 0.1) is 0 Å². The Hall–Kier alpha value is -1.07. The van der Waals surface area contributed by atoms with Crippen LogP contribution in [-0.4, -0.2) is 43.0 Å². The van der Waals surface area contributed by atoms with Crippen molar-refractivity contribution >= 4 is 19.4 Å². The molecule has 124 valence electrons. The van der Waals surface area contributed by atoms with E-state index >= 15 is 0 Å². The first-order chi connectivity index (χ1) is 10.0. The van der Waals surface area contributed by atoms with Gasteiger partial charge in [-0.1, -0.05) is 11.6 Å². The number of nitrogens with zero attached hydrogens (tertiary/aromatic N) is 1. The van der Waals surface area contributed by atoms with E-state index in [2.05, 4.69) is 4.52 Å². The minimum atomic E-state index is -4.93. The minimum Gasteiger partial charge on any atom is -0.388 e. The van der Waals surface area contributed by atoms with Crippen molar-refractivity contribution in [2.45, 2.75) is 24.6 Å². The van der Waals surface area contributed by atoms with Gasteiger partial charge < -0.3 is 19.6 Å². The molecule has 0 spiro atoms. The SMILES string of the molecule is O=c1[nH]c(=O)n([C@@H]2O[C@](F)(COP(=O)(O)O)C[C@H]2O)cc1Cl. The number of nitrogens with one attached hydrogen (secondary N) is 1. The van der Waals surface area contributed by atoms with Gasteiger partial charge in [0.2, 0.25) is 5.85 Å². The molecule has 10 nitrogen and oxygen atoms in total. The topological polar surface area (TPSA) is 151 Å². The molecule has 1 saturated heterocycles. The molecule has 0 saturated carbocycles. The predicted molar refractivity (Wildman–Crippen MR) is 68.9 cm³/mol. The van der Waals surface area contributed by atoms with Crippen LogP contribution in [0.2, 0.25) is 5.02 Å². The number of aliphatic hydroxyl groups is 1. The van der Waals surface area contributed by atoms with Gasteiger partial charge in [-0.05, 0) is 0 Å². The molecule has 2 heterocycles. The van der Waals surface area contributed by atoms with Crippen LogP contribution in [0.3, 0.4) is 0 Å². The zero-order chi connectivity index (χ0) is 16.7. The fraction of sp³-hybridized carbons (Fsp3) is 0.556. The second-order valence-corrected chi connectivity index (χ2v) is 6.22. The lowest BCUT2D eigenvalue weighted by Gasteiger charge is -2.21. The molecule has 0 amide bonds. The fourth-order valence-electron chi connectivity index (χ4n) is 1.92. The number of H-pyrrole nitrogens is 1. The number of ether oxygens (including phenoxy) is 1. The largest absolute Gasteiger partial charge is 0.469 e. The molecule has 0 radical (unpaired) electrons. The molecule has 1 aromatic heterocycles. The summed E-state index contributed by atoms with van der Waals surface area (Å²) in [6, 6.07) is 0. The molecule has 22 heavy (non-hydrogen) atoms. The zero-order valence-electron chi connectivity index (χ0n) is 10.7. The Morgan fingerprint density at radius 2 is 2.23 bits per heavy atom. The lowest BCUT2D eigenvalue weighted by molar-refractivity contribution is -0.178. The monoisotopic (exact) mass is 360 g/mol. The molecule has 1 fully saturated rings. The van der Waals surface area contributed by atoms with Crippen molar-refractivity contribution in [3.63, 3.8) is 0 Å². The van der Waals surface area contributed by atoms with E-state index in [0.29, 0.717) is 4.57 Å². The van der Waals surface area contributed by atoms with Gasteiger partial charge in [0.15, 0.2) is 6.23 Å². The summed E-state index contributed by atoms with van der Waals surface area (Å²) in [6.07, 6.45) is -2.94. The van der Waals surface area contributed by atoms with Crippen molar-refractivity contribution in [3.8, 4) is 0 Å². The van der Waals surface area contributed by atoms with Crippen LogP contribution < -0.4 is 11.2 Å². The van der Waals surface area contributed by atoms with Crippen LogP contribution in [0.5, 0.6) is 0 Å². The molecule has 0 bridgehead atoms. The molecule has 0 aromatic carbocycles. The van der Waals surface area contributed by atoms with Crippen molar-refractivity contribution in [1.29, 1.82) is 0 Å². The molecule has 0 aliphatic carbocycles. The highest BCUT2D eigenvalue weighted by molar-refractivity contribution is 7.46. The first-order valence-electron chi connectivity index (χ1n) is 5.77. The van der Waals surface area contributed by atoms with E-state index in [4.69, 9.17) is 26.1 Å². The highest BCUT2D eigenvalue weighted by Gasteiger charge is 2.49. The highest BCUT2D eigenvalue weighted by Crippen LogP contribution is 2.43. The van der Waals surface area contributed by atoms with E-state index in [1.807, 2.05) is 4.98 Å². The lowest BCUT2D eigenvalue weighted by atomic mass is 10.2. The Morgan fingerprint density at radius 3 is 2.82 bits per heavy atom. The van der Waals surface area contributed by atoms with Crippen molar-refractivity contribution in [3.05, 3.63) is 32.1 Å². The molecule has 0 unspecified atom stereocenters. The number of aliphatic hydroxyl groups excluding tert-OH is 1. The Labute approximate surface area is 126 Å². The standard InChI is InChI=1S/C9H11ClFN2O8P/c10-4-2-13(8(16)12-6(4)15)7-5(14)1-9(11,21-7)3-20-22(17,18)19/h2,5,7,14H,1,3H2,(H,12,15,16)(H2,17,18,19)/t5-,7-,9+/m1/s1. The smallest absolute Gasteiger partial charge is 0.388 e. The molecular formula is C9H11ClFN2O8P. The summed E-state index contributed by atoms with van der Waals surface area (Å²) < 4.78 is 34.3. The molecule has 1 aromatic rings. The van der Waals surface area contributed by atoms with Gasteiger partial charge in [0, 0.05) is 12.6 Å². The third-order valence-electron chi connectivity index (χ3n) is 2.82. The zero-order valence-corrected chi connectivity index (χ0v) is 12.3. The van der Waals surface area contributed by atoms with Gasteiger partial charge in [0.25, 0.3) is 5.56 Å².